The van der Waals surface area contributed by atoms with E-state index in [0.717, 1.165) is 10.8 Å². The third kappa shape index (κ3) is 1.69. The minimum atomic E-state index is -2.59. The molecule has 0 spiro atoms. The van der Waals surface area contributed by atoms with Crippen molar-refractivity contribution in [3.05, 3.63) is 29.3 Å². The van der Waals surface area contributed by atoms with Gasteiger partial charge in [0.25, 0.3) is 0 Å². The van der Waals surface area contributed by atoms with Gasteiger partial charge >= 0.3 is 8.07 Å². The molecule has 0 saturated carbocycles. The fraction of sp³-hybridized carbons (Fsp3) is 0.143. The first-order chi connectivity index (χ1) is 7.11. The summed E-state index contributed by atoms with van der Waals surface area (Å²) in [4.78, 5) is 0. The van der Waals surface area contributed by atoms with E-state index in [1.807, 2.05) is 32.0 Å². The molecular formula is C14H12Si. The van der Waals surface area contributed by atoms with Crippen LogP contribution in [0.4, 0.5) is 0 Å². The molecule has 0 N–H and O–H groups in total. The summed E-state index contributed by atoms with van der Waals surface area (Å²) in [5.41, 5.74) is 10.3. The zero-order valence-electron chi connectivity index (χ0n) is 8.96. The Balaban J connectivity index is 3.55. The van der Waals surface area contributed by atoms with Gasteiger partial charge in [0.1, 0.15) is 0 Å². The predicted octanol–water partition coefficient (Wildman–Crippen LogP) is 1.48. The molecular weight excluding hydrogens is 196 g/mol. The molecule has 0 aliphatic carbocycles. The summed E-state index contributed by atoms with van der Waals surface area (Å²) >= 11 is 0. The van der Waals surface area contributed by atoms with Crippen LogP contribution in [0, 0.1) is 49.7 Å². The zero-order chi connectivity index (χ0) is 11.5. The molecule has 0 amide bonds. The second-order valence-corrected chi connectivity index (χ2v) is 6.34. The zero-order valence-corrected chi connectivity index (χ0v) is 9.96. The van der Waals surface area contributed by atoms with E-state index in [0.29, 0.717) is 0 Å². The number of hydrogen-bond donors (Lipinski definition) is 0. The molecule has 0 heterocycles. The third-order valence-electron chi connectivity index (χ3n) is 2.66. The van der Waals surface area contributed by atoms with Crippen LogP contribution in [0.2, 0.25) is 0 Å². The molecule has 1 heteroatoms. The van der Waals surface area contributed by atoms with Gasteiger partial charge in [-0.2, -0.15) is 0 Å². The summed E-state index contributed by atoms with van der Waals surface area (Å²) in [5.74, 6) is 0. The van der Waals surface area contributed by atoms with Crippen LogP contribution in [0.3, 0.4) is 0 Å². The standard InChI is InChI=1S/C14H12Si/c1-6-15(7-2,8-3)14-11-9-10-12(4)13(14)5/h1-3,9-11H,4-5H3. The first kappa shape index (κ1) is 11.2. The highest BCUT2D eigenvalue weighted by atomic mass is 28.3. The molecule has 0 aliphatic heterocycles. The molecule has 0 nitrogen and oxygen atoms in total. The number of terminal acetylenes is 3. The van der Waals surface area contributed by atoms with E-state index in [1.54, 1.807) is 0 Å². The first-order valence-corrected chi connectivity index (χ1v) is 6.61. The summed E-state index contributed by atoms with van der Waals surface area (Å²) in [6.07, 6.45) is 16.5. The Bertz CT molecular complexity index is 468. The van der Waals surface area contributed by atoms with E-state index >= 15 is 0 Å². The maximum Gasteiger partial charge on any atom is 0.320 e. The maximum atomic E-state index is 5.51. The van der Waals surface area contributed by atoms with Gasteiger partial charge in [0, 0.05) is 0 Å². The Kier molecular flexibility index (Phi) is 3.06. The topological polar surface area (TPSA) is 0 Å². The van der Waals surface area contributed by atoms with Crippen molar-refractivity contribution in [1.82, 2.24) is 0 Å². The van der Waals surface area contributed by atoms with Gasteiger partial charge in [-0.3, -0.25) is 0 Å². The van der Waals surface area contributed by atoms with Gasteiger partial charge in [-0.1, -0.05) is 34.8 Å². The lowest BCUT2D eigenvalue weighted by atomic mass is 10.1. The highest BCUT2D eigenvalue weighted by Gasteiger charge is 2.31. The van der Waals surface area contributed by atoms with Gasteiger partial charge in [-0.15, -0.1) is 19.3 Å². The fourth-order valence-electron chi connectivity index (χ4n) is 1.52. The summed E-state index contributed by atoms with van der Waals surface area (Å²) in [6, 6.07) is 5.93. The minimum absolute atomic E-state index is 0.995. The Hall–Kier alpha value is -1.88. The van der Waals surface area contributed by atoms with Crippen molar-refractivity contribution < 1.29 is 0 Å². The van der Waals surface area contributed by atoms with Crippen LogP contribution in [0.15, 0.2) is 18.2 Å². The van der Waals surface area contributed by atoms with Crippen molar-refractivity contribution in [2.45, 2.75) is 13.8 Å². The smallest absolute Gasteiger partial charge is 0.124 e. The lowest BCUT2D eigenvalue weighted by molar-refractivity contribution is 1.36. The Morgan fingerprint density at radius 1 is 1.00 bits per heavy atom. The van der Waals surface area contributed by atoms with E-state index in [-0.39, 0.29) is 0 Å². The van der Waals surface area contributed by atoms with Crippen LogP contribution in [0.25, 0.3) is 0 Å². The van der Waals surface area contributed by atoms with E-state index in [4.69, 9.17) is 19.3 Å². The molecule has 0 bridgehead atoms. The number of hydrogen-bond acceptors (Lipinski definition) is 0. The van der Waals surface area contributed by atoms with E-state index in [2.05, 4.69) is 16.6 Å². The monoisotopic (exact) mass is 208 g/mol. The molecule has 0 fully saturated rings. The number of benzene rings is 1. The Labute approximate surface area is 92.7 Å². The molecule has 1 aromatic carbocycles. The van der Waals surface area contributed by atoms with E-state index < -0.39 is 8.07 Å². The van der Waals surface area contributed by atoms with Crippen LogP contribution in [-0.4, -0.2) is 8.07 Å². The van der Waals surface area contributed by atoms with E-state index in [1.165, 1.54) is 5.56 Å². The summed E-state index contributed by atoms with van der Waals surface area (Å²) in [7, 11) is -2.59. The predicted molar refractivity (Wildman–Crippen MR) is 67.8 cm³/mol. The lowest BCUT2D eigenvalue weighted by Crippen LogP contribution is -2.46. The average Bonchev–Trinajstić information content (AvgIpc) is 2.27. The van der Waals surface area contributed by atoms with E-state index in [9.17, 15) is 0 Å². The van der Waals surface area contributed by atoms with Gasteiger partial charge in [-0.05, 0) is 30.2 Å². The first-order valence-electron chi connectivity index (χ1n) is 4.61. The fourth-order valence-corrected chi connectivity index (χ4v) is 3.34. The summed E-state index contributed by atoms with van der Waals surface area (Å²) in [5, 5.41) is 0.995. The maximum absolute atomic E-state index is 5.51. The highest BCUT2D eigenvalue weighted by Crippen LogP contribution is 2.09. The minimum Gasteiger partial charge on any atom is -0.124 e. The highest BCUT2D eigenvalue weighted by molar-refractivity contribution is 7.10. The van der Waals surface area contributed by atoms with Crippen LogP contribution >= 0.6 is 0 Å². The second-order valence-electron chi connectivity index (χ2n) is 3.43. The molecule has 72 valence electrons. The Morgan fingerprint density at radius 2 is 1.53 bits per heavy atom. The number of rotatable bonds is 1. The Morgan fingerprint density at radius 3 is 2.00 bits per heavy atom. The molecule has 0 aliphatic rings. The van der Waals surface area contributed by atoms with Gasteiger partial charge in [0.2, 0.25) is 0 Å². The van der Waals surface area contributed by atoms with Crippen molar-refractivity contribution in [2.24, 2.45) is 0 Å². The quantitative estimate of drug-likeness (QED) is 0.484. The van der Waals surface area contributed by atoms with Crippen molar-refractivity contribution in [1.29, 1.82) is 0 Å². The molecule has 15 heavy (non-hydrogen) atoms. The third-order valence-corrected chi connectivity index (χ3v) is 5.31. The van der Waals surface area contributed by atoms with Crippen LogP contribution in [0.5, 0.6) is 0 Å². The molecule has 0 aromatic heterocycles. The normalized spacial score (nSPS) is 9.80. The molecule has 0 unspecified atom stereocenters. The summed E-state index contributed by atoms with van der Waals surface area (Å²) in [6.45, 7) is 4.04. The van der Waals surface area contributed by atoms with Crippen molar-refractivity contribution in [2.75, 3.05) is 0 Å². The average molecular weight is 208 g/mol. The van der Waals surface area contributed by atoms with Crippen molar-refractivity contribution in [3.63, 3.8) is 0 Å². The van der Waals surface area contributed by atoms with Crippen molar-refractivity contribution >= 4 is 13.3 Å². The van der Waals surface area contributed by atoms with Gasteiger partial charge in [-0.25, -0.2) is 0 Å². The summed E-state index contributed by atoms with van der Waals surface area (Å²) < 4.78 is 0. The van der Waals surface area contributed by atoms with Gasteiger partial charge in [0.05, 0.1) is 0 Å². The molecule has 0 radical (unpaired) electrons. The van der Waals surface area contributed by atoms with Crippen LogP contribution < -0.4 is 5.19 Å². The molecule has 1 rings (SSSR count). The second kappa shape index (κ2) is 4.10. The molecule has 0 atom stereocenters. The molecule has 0 saturated heterocycles. The van der Waals surface area contributed by atoms with Crippen LogP contribution in [0.1, 0.15) is 11.1 Å². The van der Waals surface area contributed by atoms with Crippen LogP contribution in [-0.2, 0) is 0 Å². The lowest BCUT2D eigenvalue weighted by Gasteiger charge is -2.16. The molecule has 1 aromatic rings. The largest absolute Gasteiger partial charge is 0.320 e. The van der Waals surface area contributed by atoms with Crippen molar-refractivity contribution in [3.8, 4) is 35.9 Å². The van der Waals surface area contributed by atoms with Gasteiger partial charge in [0.15, 0.2) is 0 Å². The number of aryl methyl sites for hydroxylation is 1. The SMILES string of the molecule is C#C[Si](C#C)(C#C)c1cccc(C)c1C. The van der Waals surface area contributed by atoms with Gasteiger partial charge < -0.3 is 0 Å².